The van der Waals surface area contributed by atoms with E-state index < -0.39 is 5.97 Å². The second-order valence-corrected chi connectivity index (χ2v) is 1.38. The first-order valence-corrected chi connectivity index (χ1v) is 2.39. The predicted octanol–water partition coefficient (Wildman–Crippen LogP) is 0.595. The number of ether oxygens (including phenoxy) is 2. The van der Waals surface area contributed by atoms with E-state index in [1.807, 2.05) is 0 Å². The van der Waals surface area contributed by atoms with Gasteiger partial charge < -0.3 is 9.47 Å². The summed E-state index contributed by atoms with van der Waals surface area (Å²) in [7, 11) is 2.61. The Morgan fingerprint density at radius 2 is 1.90 bits per heavy atom. The van der Waals surface area contributed by atoms with E-state index in [1.54, 1.807) is 0 Å². The summed E-state index contributed by atoms with van der Waals surface area (Å²) < 4.78 is 8.67. The highest BCUT2D eigenvalue weighted by molar-refractivity contribution is 5.92. The lowest BCUT2D eigenvalue weighted by Gasteiger charge is -1.98. The lowest BCUT2D eigenvalue weighted by Crippen LogP contribution is -2.09. The lowest BCUT2D eigenvalue weighted by molar-refractivity contribution is -0.139. The quantitative estimate of drug-likeness (QED) is 0.372. The van der Waals surface area contributed by atoms with Crippen LogP contribution in [0.5, 0.6) is 0 Å². The highest BCUT2D eigenvalue weighted by Crippen LogP contribution is 1.86. The Labute approximate surface area is 65.4 Å². The fraction of sp³-hybridized carbons (Fsp3) is 0.600. The van der Waals surface area contributed by atoms with Gasteiger partial charge in [-0.15, -0.1) is 12.4 Å². The van der Waals surface area contributed by atoms with Gasteiger partial charge in [0, 0.05) is 0 Å². The highest BCUT2D eigenvalue weighted by Gasteiger charge is 2.03. The standard InChI is InChI=1S/C5H9NO3.ClH/c1-8-4(6)3-5(7)9-2;/h6H,3H2,1-2H3;1H. The Morgan fingerprint density at radius 1 is 1.40 bits per heavy atom. The second-order valence-electron chi connectivity index (χ2n) is 1.38. The fourth-order valence-electron chi connectivity index (χ4n) is 0.275. The molecule has 0 aromatic rings. The molecular formula is C5H10ClNO3. The Morgan fingerprint density at radius 3 is 2.20 bits per heavy atom. The Balaban J connectivity index is 0. The molecule has 0 atom stereocenters. The number of nitrogens with one attached hydrogen (secondary N) is 1. The maximum Gasteiger partial charge on any atom is 0.314 e. The van der Waals surface area contributed by atoms with Gasteiger partial charge >= 0.3 is 5.97 Å². The van der Waals surface area contributed by atoms with Gasteiger partial charge in [0.2, 0.25) is 0 Å². The van der Waals surface area contributed by atoms with Gasteiger partial charge in [-0.25, -0.2) is 0 Å². The number of carbonyl (C=O) groups is 1. The average molecular weight is 168 g/mol. The molecule has 0 aliphatic heterocycles. The maximum atomic E-state index is 10.3. The van der Waals surface area contributed by atoms with Crippen molar-refractivity contribution in [3.05, 3.63) is 0 Å². The number of methoxy groups -OCH3 is 2. The minimum atomic E-state index is -0.457. The van der Waals surface area contributed by atoms with Crippen LogP contribution in [0, 0.1) is 5.41 Å². The molecule has 0 aliphatic carbocycles. The summed E-state index contributed by atoms with van der Waals surface area (Å²) >= 11 is 0. The van der Waals surface area contributed by atoms with Crippen molar-refractivity contribution in [3.8, 4) is 0 Å². The van der Waals surface area contributed by atoms with Crippen LogP contribution in [-0.2, 0) is 14.3 Å². The van der Waals surface area contributed by atoms with E-state index in [9.17, 15) is 4.79 Å². The first-order valence-electron chi connectivity index (χ1n) is 2.39. The Kier molecular flexibility index (Phi) is 7.60. The van der Waals surface area contributed by atoms with Crippen LogP contribution in [0.3, 0.4) is 0 Å². The topological polar surface area (TPSA) is 59.4 Å². The molecule has 0 aliphatic rings. The van der Waals surface area contributed by atoms with Crippen LogP contribution in [0.2, 0.25) is 0 Å². The molecule has 0 unspecified atom stereocenters. The molecule has 1 N–H and O–H groups in total. The number of carbonyl (C=O) groups excluding carboxylic acids is 1. The number of hydrogen-bond acceptors (Lipinski definition) is 4. The van der Waals surface area contributed by atoms with Gasteiger partial charge in [-0.05, 0) is 0 Å². The molecule has 0 bridgehead atoms. The van der Waals surface area contributed by atoms with E-state index in [1.165, 1.54) is 14.2 Å². The van der Waals surface area contributed by atoms with Crippen LogP contribution in [0.1, 0.15) is 6.42 Å². The molecule has 0 saturated carbocycles. The monoisotopic (exact) mass is 167 g/mol. The van der Waals surface area contributed by atoms with Crippen LogP contribution in [0.25, 0.3) is 0 Å². The summed E-state index contributed by atoms with van der Waals surface area (Å²) in [5.74, 6) is -0.538. The van der Waals surface area contributed by atoms with E-state index in [-0.39, 0.29) is 24.7 Å². The van der Waals surface area contributed by atoms with Crippen molar-refractivity contribution < 1.29 is 14.3 Å². The lowest BCUT2D eigenvalue weighted by atomic mass is 10.4. The third kappa shape index (κ3) is 5.37. The second kappa shape index (κ2) is 6.35. The SMILES string of the molecule is COC(=N)CC(=O)OC.Cl. The maximum absolute atomic E-state index is 10.3. The van der Waals surface area contributed by atoms with Gasteiger partial charge in [0.15, 0.2) is 5.90 Å². The van der Waals surface area contributed by atoms with Gasteiger partial charge in [-0.1, -0.05) is 0 Å². The summed E-state index contributed by atoms with van der Waals surface area (Å²) in [5.41, 5.74) is 0. The van der Waals surface area contributed by atoms with Crippen molar-refractivity contribution in [1.82, 2.24) is 0 Å². The molecule has 0 aromatic carbocycles. The van der Waals surface area contributed by atoms with Crippen molar-refractivity contribution in [3.63, 3.8) is 0 Å². The first-order chi connectivity index (χ1) is 4.20. The van der Waals surface area contributed by atoms with E-state index in [4.69, 9.17) is 5.41 Å². The van der Waals surface area contributed by atoms with Crippen molar-refractivity contribution in [1.29, 1.82) is 5.41 Å². The third-order valence-corrected chi connectivity index (χ3v) is 0.779. The Bertz CT molecular complexity index is 112. The molecule has 60 valence electrons. The van der Waals surface area contributed by atoms with Crippen LogP contribution in [-0.4, -0.2) is 26.1 Å². The van der Waals surface area contributed by atoms with Crippen molar-refractivity contribution in [2.75, 3.05) is 14.2 Å². The summed E-state index contributed by atoms with van der Waals surface area (Å²) in [5, 5.41) is 6.85. The molecular weight excluding hydrogens is 158 g/mol. The van der Waals surface area contributed by atoms with Crippen molar-refractivity contribution in [2.24, 2.45) is 0 Å². The van der Waals surface area contributed by atoms with Crippen molar-refractivity contribution >= 4 is 24.3 Å². The van der Waals surface area contributed by atoms with E-state index in [0.717, 1.165) is 0 Å². The zero-order chi connectivity index (χ0) is 7.28. The molecule has 0 spiro atoms. The van der Waals surface area contributed by atoms with E-state index in [0.29, 0.717) is 0 Å². The van der Waals surface area contributed by atoms with Crippen LogP contribution in [0.4, 0.5) is 0 Å². The zero-order valence-corrected chi connectivity index (χ0v) is 6.66. The van der Waals surface area contributed by atoms with Gasteiger partial charge in [0.1, 0.15) is 6.42 Å². The molecule has 0 radical (unpaired) electrons. The zero-order valence-electron chi connectivity index (χ0n) is 5.84. The molecule has 0 saturated heterocycles. The normalized spacial score (nSPS) is 7.40. The Hall–Kier alpha value is -0.770. The molecule has 10 heavy (non-hydrogen) atoms. The molecule has 0 amide bonds. The predicted molar refractivity (Wildman–Crippen MR) is 38.6 cm³/mol. The molecule has 0 heterocycles. The largest absolute Gasteiger partial charge is 0.484 e. The number of rotatable bonds is 2. The van der Waals surface area contributed by atoms with Gasteiger partial charge in [-0.2, -0.15) is 0 Å². The first kappa shape index (κ1) is 12.0. The summed E-state index contributed by atoms with van der Waals surface area (Å²) in [6.45, 7) is 0. The van der Waals surface area contributed by atoms with Crippen LogP contribution in [0.15, 0.2) is 0 Å². The molecule has 5 heteroatoms. The minimum absolute atomic E-state index is 0. The van der Waals surface area contributed by atoms with Gasteiger partial charge in [-0.3, -0.25) is 10.2 Å². The number of hydrogen-bond donors (Lipinski definition) is 1. The third-order valence-electron chi connectivity index (χ3n) is 0.779. The summed E-state index contributed by atoms with van der Waals surface area (Å²) in [6, 6.07) is 0. The highest BCUT2D eigenvalue weighted by atomic mass is 35.5. The van der Waals surface area contributed by atoms with Crippen LogP contribution >= 0.6 is 12.4 Å². The summed E-state index contributed by atoms with van der Waals surface area (Å²) in [4.78, 5) is 10.3. The molecule has 0 aromatic heterocycles. The summed E-state index contributed by atoms with van der Waals surface area (Å²) in [6.07, 6.45) is -0.0903. The average Bonchev–Trinajstić information content (AvgIpc) is 1.87. The number of halogens is 1. The van der Waals surface area contributed by atoms with Crippen LogP contribution < -0.4 is 0 Å². The van der Waals surface area contributed by atoms with Gasteiger partial charge in [0.05, 0.1) is 14.2 Å². The number of esters is 1. The fourth-order valence-corrected chi connectivity index (χ4v) is 0.275. The molecule has 0 rings (SSSR count). The minimum Gasteiger partial charge on any atom is -0.484 e. The van der Waals surface area contributed by atoms with E-state index >= 15 is 0 Å². The molecule has 4 nitrogen and oxygen atoms in total. The molecule has 0 fully saturated rings. The van der Waals surface area contributed by atoms with Gasteiger partial charge in [0.25, 0.3) is 0 Å². The van der Waals surface area contributed by atoms with Crippen molar-refractivity contribution in [2.45, 2.75) is 6.42 Å². The van der Waals surface area contributed by atoms with E-state index in [2.05, 4.69) is 9.47 Å². The smallest absolute Gasteiger partial charge is 0.314 e.